The van der Waals surface area contributed by atoms with E-state index >= 15 is 0 Å². The van der Waals surface area contributed by atoms with Crippen molar-refractivity contribution in [1.29, 1.82) is 0 Å². The quantitative estimate of drug-likeness (QED) is 0.479. The molecule has 0 aromatic heterocycles. The number of amides is 2. The summed E-state index contributed by atoms with van der Waals surface area (Å²) in [6.45, 7) is 2.39. The third-order valence-electron chi connectivity index (χ3n) is 5.62. The van der Waals surface area contributed by atoms with Crippen LogP contribution in [0, 0.1) is 5.82 Å². The standard InChI is InChI=1S/C26H27FN4O2/c27-24-6-2-1-5-20(24)17-29-26(33)19-7-9-21(10-8-19)28-18-25(32)30-22-11-13-23(14-12-22)31-15-3-4-16-31/h1-2,5-14,28H,3-4,15-18H2,(H,29,33)(H,30,32). The molecule has 1 heterocycles. The predicted octanol–water partition coefficient (Wildman–Crippen LogP) is 4.41. The second-order valence-corrected chi connectivity index (χ2v) is 7.99. The van der Waals surface area contributed by atoms with Crippen LogP contribution in [0.3, 0.4) is 0 Å². The van der Waals surface area contributed by atoms with Gasteiger partial charge in [-0.25, -0.2) is 4.39 Å². The second-order valence-electron chi connectivity index (χ2n) is 7.99. The molecular weight excluding hydrogens is 419 g/mol. The Labute approximate surface area is 192 Å². The molecule has 4 rings (SSSR count). The van der Waals surface area contributed by atoms with E-state index in [0.717, 1.165) is 24.5 Å². The van der Waals surface area contributed by atoms with Gasteiger partial charge in [0.1, 0.15) is 5.82 Å². The summed E-state index contributed by atoms with van der Waals surface area (Å²) in [5.41, 5.74) is 3.55. The van der Waals surface area contributed by atoms with Crippen molar-refractivity contribution in [3.63, 3.8) is 0 Å². The molecule has 0 bridgehead atoms. The maximum Gasteiger partial charge on any atom is 0.251 e. The van der Waals surface area contributed by atoms with Gasteiger partial charge in [0.2, 0.25) is 5.91 Å². The summed E-state index contributed by atoms with van der Waals surface area (Å²) in [7, 11) is 0. The lowest BCUT2D eigenvalue weighted by atomic mass is 10.1. The van der Waals surface area contributed by atoms with Crippen LogP contribution < -0.4 is 20.9 Å². The van der Waals surface area contributed by atoms with Gasteiger partial charge in [0.25, 0.3) is 5.91 Å². The van der Waals surface area contributed by atoms with Crippen molar-refractivity contribution in [2.24, 2.45) is 0 Å². The van der Waals surface area contributed by atoms with Gasteiger partial charge in [0.05, 0.1) is 6.54 Å². The molecule has 0 saturated carbocycles. The highest BCUT2D eigenvalue weighted by Crippen LogP contribution is 2.22. The van der Waals surface area contributed by atoms with E-state index in [9.17, 15) is 14.0 Å². The summed E-state index contributed by atoms with van der Waals surface area (Å²) in [5, 5.41) is 8.64. The number of nitrogens with one attached hydrogen (secondary N) is 3. The lowest BCUT2D eigenvalue weighted by molar-refractivity contribution is -0.114. The van der Waals surface area contributed by atoms with Crippen molar-refractivity contribution in [3.8, 4) is 0 Å². The van der Waals surface area contributed by atoms with Gasteiger partial charge in [-0.3, -0.25) is 9.59 Å². The van der Waals surface area contributed by atoms with E-state index in [1.54, 1.807) is 42.5 Å². The van der Waals surface area contributed by atoms with Crippen molar-refractivity contribution in [2.75, 3.05) is 35.2 Å². The summed E-state index contributed by atoms with van der Waals surface area (Å²) in [5.74, 6) is -0.797. The van der Waals surface area contributed by atoms with E-state index in [1.165, 1.54) is 24.6 Å². The Hall–Kier alpha value is -3.87. The van der Waals surface area contributed by atoms with Gasteiger partial charge in [0.15, 0.2) is 0 Å². The summed E-state index contributed by atoms with van der Waals surface area (Å²) < 4.78 is 13.7. The van der Waals surface area contributed by atoms with Gasteiger partial charge < -0.3 is 20.9 Å². The molecule has 2 amide bonds. The molecule has 0 unspecified atom stereocenters. The van der Waals surface area contributed by atoms with Crippen LogP contribution in [-0.2, 0) is 11.3 Å². The molecule has 6 nitrogen and oxygen atoms in total. The highest BCUT2D eigenvalue weighted by atomic mass is 19.1. The van der Waals surface area contributed by atoms with Crippen molar-refractivity contribution < 1.29 is 14.0 Å². The molecule has 0 radical (unpaired) electrons. The van der Waals surface area contributed by atoms with Gasteiger partial charge >= 0.3 is 0 Å². The van der Waals surface area contributed by atoms with Crippen LogP contribution >= 0.6 is 0 Å². The van der Waals surface area contributed by atoms with Crippen LogP contribution in [-0.4, -0.2) is 31.4 Å². The van der Waals surface area contributed by atoms with Gasteiger partial charge in [-0.1, -0.05) is 18.2 Å². The molecule has 3 aromatic carbocycles. The molecule has 7 heteroatoms. The molecule has 1 fully saturated rings. The molecular formula is C26H27FN4O2. The Morgan fingerprint density at radius 1 is 0.848 bits per heavy atom. The Morgan fingerprint density at radius 2 is 1.52 bits per heavy atom. The largest absolute Gasteiger partial charge is 0.376 e. The van der Waals surface area contributed by atoms with Crippen LogP contribution in [0.25, 0.3) is 0 Å². The average Bonchev–Trinajstić information content (AvgIpc) is 3.38. The lowest BCUT2D eigenvalue weighted by Crippen LogP contribution is -2.23. The Bertz CT molecular complexity index is 1090. The molecule has 3 aromatic rings. The Balaban J connectivity index is 1.23. The number of rotatable bonds is 8. The summed E-state index contributed by atoms with van der Waals surface area (Å²) in [4.78, 5) is 26.9. The third kappa shape index (κ3) is 6.10. The second kappa shape index (κ2) is 10.6. The van der Waals surface area contributed by atoms with E-state index < -0.39 is 0 Å². The van der Waals surface area contributed by atoms with Crippen molar-refractivity contribution in [2.45, 2.75) is 19.4 Å². The smallest absolute Gasteiger partial charge is 0.251 e. The fourth-order valence-corrected chi connectivity index (χ4v) is 3.78. The molecule has 1 aliphatic heterocycles. The van der Waals surface area contributed by atoms with Gasteiger partial charge in [-0.15, -0.1) is 0 Å². The van der Waals surface area contributed by atoms with Crippen molar-refractivity contribution in [1.82, 2.24) is 5.32 Å². The van der Waals surface area contributed by atoms with E-state index in [-0.39, 0.29) is 30.7 Å². The normalized spacial score (nSPS) is 12.9. The van der Waals surface area contributed by atoms with Crippen LogP contribution in [0.15, 0.2) is 72.8 Å². The zero-order chi connectivity index (χ0) is 23.0. The first-order valence-electron chi connectivity index (χ1n) is 11.1. The first-order valence-corrected chi connectivity index (χ1v) is 11.1. The summed E-state index contributed by atoms with van der Waals surface area (Å²) >= 11 is 0. The lowest BCUT2D eigenvalue weighted by Gasteiger charge is -2.17. The van der Waals surface area contributed by atoms with Crippen LogP contribution in [0.2, 0.25) is 0 Å². The average molecular weight is 447 g/mol. The van der Waals surface area contributed by atoms with E-state index in [4.69, 9.17) is 0 Å². The number of hydrogen-bond donors (Lipinski definition) is 3. The maximum absolute atomic E-state index is 13.7. The number of benzene rings is 3. The fourth-order valence-electron chi connectivity index (χ4n) is 3.78. The molecule has 1 aliphatic rings. The van der Waals surface area contributed by atoms with Crippen molar-refractivity contribution >= 4 is 28.9 Å². The molecule has 1 saturated heterocycles. The van der Waals surface area contributed by atoms with Crippen molar-refractivity contribution in [3.05, 3.63) is 89.7 Å². The minimum Gasteiger partial charge on any atom is -0.376 e. The summed E-state index contributed by atoms with van der Waals surface area (Å²) in [6, 6.07) is 21.0. The monoisotopic (exact) mass is 446 g/mol. The Kier molecular flexibility index (Phi) is 7.19. The van der Waals surface area contributed by atoms with Crippen LogP contribution in [0.5, 0.6) is 0 Å². The van der Waals surface area contributed by atoms with Gasteiger partial charge in [-0.2, -0.15) is 0 Å². The first kappa shape index (κ1) is 22.3. The van der Waals surface area contributed by atoms with Crippen LogP contribution in [0.1, 0.15) is 28.8 Å². The zero-order valence-electron chi connectivity index (χ0n) is 18.3. The molecule has 0 aliphatic carbocycles. The number of carbonyl (C=O) groups is 2. The van der Waals surface area contributed by atoms with Gasteiger partial charge in [-0.05, 0) is 67.4 Å². The maximum atomic E-state index is 13.7. The minimum atomic E-state index is -0.349. The zero-order valence-corrected chi connectivity index (χ0v) is 18.3. The molecule has 0 atom stereocenters. The first-order chi connectivity index (χ1) is 16.1. The minimum absolute atomic E-state index is 0.104. The number of halogens is 1. The van der Waals surface area contributed by atoms with Gasteiger partial charge in [0, 0.05) is 47.8 Å². The van der Waals surface area contributed by atoms with Crippen LogP contribution in [0.4, 0.5) is 21.5 Å². The Morgan fingerprint density at radius 3 is 2.21 bits per heavy atom. The molecule has 0 spiro atoms. The molecule has 170 valence electrons. The number of nitrogens with zero attached hydrogens (tertiary/aromatic N) is 1. The third-order valence-corrected chi connectivity index (χ3v) is 5.62. The highest BCUT2D eigenvalue weighted by Gasteiger charge is 2.12. The number of carbonyl (C=O) groups excluding carboxylic acids is 2. The summed E-state index contributed by atoms with van der Waals surface area (Å²) in [6.07, 6.45) is 2.45. The SMILES string of the molecule is O=C(CNc1ccc(C(=O)NCc2ccccc2F)cc1)Nc1ccc(N2CCCC2)cc1. The number of anilines is 3. The van der Waals surface area contributed by atoms with E-state index in [1.807, 2.05) is 24.3 Å². The van der Waals surface area contributed by atoms with E-state index in [0.29, 0.717) is 11.1 Å². The van der Waals surface area contributed by atoms with E-state index in [2.05, 4.69) is 20.9 Å². The predicted molar refractivity (Wildman–Crippen MR) is 129 cm³/mol. The highest BCUT2D eigenvalue weighted by molar-refractivity contribution is 5.95. The fraction of sp³-hybridized carbons (Fsp3) is 0.231. The number of hydrogen-bond acceptors (Lipinski definition) is 4. The molecule has 3 N–H and O–H groups in total. The topological polar surface area (TPSA) is 73.5 Å². The molecule has 33 heavy (non-hydrogen) atoms.